The van der Waals surface area contributed by atoms with Crippen molar-refractivity contribution in [1.82, 2.24) is 14.9 Å². The van der Waals surface area contributed by atoms with Gasteiger partial charge >= 0.3 is 6.01 Å². The molecule has 2 aliphatic heterocycles. The Bertz CT molecular complexity index is 1110. The van der Waals surface area contributed by atoms with Gasteiger partial charge in [0, 0.05) is 25.7 Å². The van der Waals surface area contributed by atoms with Crippen molar-refractivity contribution in [3.8, 4) is 6.01 Å². The molecule has 8 nitrogen and oxygen atoms in total. The predicted octanol–water partition coefficient (Wildman–Crippen LogP) is 3.78. The van der Waals surface area contributed by atoms with Crippen LogP contribution < -0.4 is 15.1 Å². The van der Waals surface area contributed by atoms with Crippen molar-refractivity contribution in [2.45, 2.75) is 19.3 Å². The number of morpholine rings is 1. The highest BCUT2D eigenvalue weighted by atomic mass is 16.5. The van der Waals surface area contributed by atoms with Crippen LogP contribution in [0.2, 0.25) is 0 Å². The highest BCUT2D eigenvalue weighted by molar-refractivity contribution is 5.86. The largest absolute Gasteiger partial charge is 0.462 e. The minimum absolute atomic E-state index is 0.396. The van der Waals surface area contributed by atoms with E-state index < -0.39 is 0 Å². The molecule has 8 heteroatoms. The number of hydrazone groups is 1. The SMILES string of the molecule is C(=NNc1ccc2ccccc2c1)c1cc(N2CCOCC2)nc(OCCN2CCCCC2)n1. The molecule has 3 heterocycles. The average Bonchev–Trinajstić information content (AvgIpc) is 2.90. The van der Waals surface area contributed by atoms with Gasteiger partial charge in [0.05, 0.1) is 30.8 Å². The van der Waals surface area contributed by atoms with E-state index in [0.717, 1.165) is 44.2 Å². The molecule has 0 spiro atoms. The van der Waals surface area contributed by atoms with E-state index in [1.165, 1.54) is 30.0 Å². The van der Waals surface area contributed by atoms with Crippen molar-refractivity contribution in [3.63, 3.8) is 0 Å². The van der Waals surface area contributed by atoms with Crippen LogP contribution in [0.5, 0.6) is 6.01 Å². The van der Waals surface area contributed by atoms with Gasteiger partial charge in [-0.1, -0.05) is 36.8 Å². The standard InChI is InChI=1S/C26H32N6O2/c1-4-10-31(11-5-1)12-17-34-26-28-24(19-25(29-26)32-13-15-33-16-14-32)20-27-30-23-9-8-21-6-2-3-7-22(21)18-23/h2-3,6-9,18-20,30H,1,4-5,10-17H2. The molecule has 0 atom stereocenters. The zero-order chi connectivity index (χ0) is 23.0. The Balaban J connectivity index is 1.28. The number of nitrogens with zero attached hydrogens (tertiary/aromatic N) is 5. The van der Waals surface area contributed by atoms with E-state index in [2.05, 4.69) is 54.6 Å². The zero-order valence-corrected chi connectivity index (χ0v) is 19.5. The van der Waals surface area contributed by atoms with Crippen molar-refractivity contribution >= 4 is 28.5 Å². The molecule has 34 heavy (non-hydrogen) atoms. The molecule has 2 aromatic carbocycles. The second kappa shape index (κ2) is 11.3. The van der Waals surface area contributed by atoms with E-state index in [1.807, 2.05) is 24.3 Å². The summed E-state index contributed by atoms with van der Waals surface area (Å²) in [5.74, 6) is 0.846. The van der Waals surface area contributed by atoms with Gasteiger partial charge in [-0.05, 0) is 48.8 Å². The van der Waals surface area contributed by atoms with Crippen molar-refractivity contribution < 1.29 is 9.47 Å². The third-order valence-electron chi connectivity index (χ3n) is 6.27. The second-order valence-corrected chi connectivity index (χ2v) is 8.72. The van der Waals surface area contributed by atoms with Gasteiger partial charge in [-0.15, -0.1) is 0 Å². The highest BCUT2D eigenvalue weighted by Gasteiger charge is 2.16. The lowest BCUT2D eigenvalue weighted by Gasteiger charge is -2.28. The summed E-state index contributed by atoms with van der Waals surface area (Å²) in [6.45, 7) is 6.78. The van der Waals surface area contributed by atoms with Gasteiger partial charge in [0.25, 0.3) is 0 Å². The molecule has 2 fully saturated rings. The first-order valence-corrected chi connectivity index (χ1v) is 12.2. The number of benzene rings is 2. The normalized spacial score (nSPS) is 17.4. The van der Waals surface area contributed by atoms with Gasteiger partial charge in [0.1, 0.15) is 12.4 Å². The molecule has 178 valence electrons. The average molecular weight is 461 g/mol. The predicted molar refractivity (Wildman–Crippen MR) is 136 cm³/mol. The number of likely N-dealkylation sites (tertiary alicyclic amines) is 1. The molecule has 0 amide bonds. The number of hydrogen-bond acceptors (Lipinski definition) is 8. The molecule has 0 bridgehead atoms. The summed E-state index contributed by atoms with van der Waals surface area (Å²) in [5.41, 5.74) is 4.75. The monoisotopic (exact) mass is 460 g/mol. The van der Waals surface area contributed by atoms with Crippen molar-refractivity contribution in [2.24, 2.45) is 5.10 Å². The number of piperidine rings is 1. The van der Waals surface area contributed by atoms with Crippen molar-refractivity contribution in [1.29, 1.82) is 0 Å². The quantitative estimate of drug-likeness (QED) is 0.405. The second-order valence-electron chi connectivity index (χ2n) is 8.72. The van der Waals surface area contributed by atoms with Gasteiger partial charge < -0.3 is 14.4 Å². The maximum absolute atomic E-state index is 5.99. The van der Waals surface area contributed by atoms with Gasteiger partial charge in [0.15, 0.2) is 0 Å². The molecule has 0 aliphatic carbocycles. The van der Waals surface area contributed by atoms with E-state index >= 15 is 0 Å². The van der Waals surface area contributed by atoms with Gasteiger partial charge in [0.2, 0.25) is 0 Å². The fourth-order valence-corrected chi connectivity index (χ4v) is 4.40. The Labute approximate surface area is 200 Å². The summed E-state index contributed by atoms with van der Waals surface area (Å²) in [4.78, 5) is 13.9. The molecule has 3 aromatic rings. The Hall–Kier alpha value is -3.23. The minimum atomic E-state index is 0.396. The van der Waals surface area contributed by atoms with Crippen LogP contribution >= 0.6 is 0 Å². The first-order valence-electron chi connectivity index (χ1n) is 12.2. The smallest absolute Gasteiger partial charge is 0.319 e. The van der Waals surface area contributed by atoms with E-state index in [1.54, 1.807) is 6.21 Å². The molecule has 0 saturated carbocycles. The van der Waals surface area contributed by atoms with Crippen LogP contribution in [0.4, 0.5) is 11.5 Å². The van der Waals surface area contributed by atoms with Crippen LogP contribution in [-0.4, -0.2) is 73.6 Å². The number of hydrogen-bond donors (Lipinski definition) is 1. The number of aromatic nitrogens is 2. The highest BCUT2D eigenvalue weighted by Crippen LogP contribution is 2.20. The van der Waals surface area contributed by atoms with Crippen LogP contribution in [-0.2, 0) is 4.74 Å². The van der Waals surface area contributed by atoms with E-state index in [4.69, 9.17) is 9.47 Å². The lowest BCUT2D eigenvalue weighted by Crippen LogP contribution is -2.37. The summed E-state index contributed by atoms with van der Waals surface area (Å²) >= 11 is 0. The molecular weight excluding hydrogens is 428 g/mol. The van der Waals surface area contributed by atoms with Crippen molar-refractivity contribution in [2.75, 3.05) is 62.9 Å². The number of anilines is 2. The van der Waals surface area contributed by atoms with Gasteiger partial charge in [-0.2, -0.15) is 15.1 Å². The van der Waals surface area contributed by atoms with Gasteiger partial charge in [-0.25, -0.2) is 0 Å². The molecule has 2 aliphatic rings. The zero-order valence-electron chi connectivity index (χ0n) is 19.5. The summed E-state index contributed by atoms with van der Waals surface area (Å²) in [6.07, 6.45) is 5.60. The molecule has 5 rings (SSSR count). The van der Waals surface area contributed by atoms with Gasteiger partial charge in [-0.3, -0.25) is 10.3 Å². The first kappa shape index (κ1) is 22.6. The fourth-order valence-electron chi connectivity index (χ4n) is 4.40. The molecule has 1 aromatic heterocycles. The maximum atomic E-state index is 5.99. The van der Waals surface area contributed by atoms with Crippen LogP contribution in [0.15, 0.2) is 53.6 Å². The summed E-state index contributed by atoms with van der Waals surface area (Å²) in [5, 5.41) is 6.80. The van der Waals surface area contributed by atoms with Crippen LogP contribution in [0.3, 0.4) is 0 Å². The number of nitrogens with one attached hydrogen (secondary N) is 1. The summed E-state index contributed by atoms with van der Waals surface area (Å²) in [6, 6.07) is 16.8. The van der Waals surface area contributed by atoms with Crippen LogP contribution in [0.1, 0.15) is 25.0 Å². The summed E-state index contributed by atoms with van der Waals surface area (Å²) in [7, 11) is 0. The Morgan fingerprint density at radius 2 is 1.76 bits per heavy atom. The Kier molecular flexibility index (Phi) is 7.47. The number of fused-ring (bicyclic) bond motifs is 1. The molecule has 2 saturated heterocycles. The van der Waals surface area contributed by atoms with E-state index in [9.17, 15) is 0 Å². The maximum Gasteiger partial charge on any atom is 0.319 e. The Morgan fingerprint density at radius 3 is 2.62 bits per heavy atom. The summed E-state index contributed by atoms with van der Waals surface area (Å²) < 4.78 is 11.5. The van der Waals surface area contributed by atoms with E-state index in [0.29, 0.717) is 31.5 Å². The third kappa shape index (κ3) is 6.01. The molecular formula is C26H32N6O2. The topological polar surface area (TPSA) is 75.1 Å². The number of rotatable bonds is 8. The molecule has 0 radical (unpaired) electrons. The fraction of sp³-hybridized carbons (Fsp3) is 0.423. The Morgan fingerprint density at radius 1 is 0.941 bits per heavy atom. The lowest BCUT2D eigenvalue weighted by atomic mass is 10.1. The lowest BCUT2D eigenvalue weighted by molar-refractivity contribution is 0.122. The van der Waals surface area contributed by atoms with Crippen molar-refractivity contribution in [3.05, 3.63) is 54.2 Å². The first-order chi connectivity index (χ1) is 16.8. The molecule has 0 unspecified atom stereocenters. The third-order valence-corrected chi connectivity index (χ3v) is 6.27. The minimum Gasteiger partial charge on any atom is -0.462 e. The number of ether oxygens (including phenoxy) is 2. The van der Waals surface area contributed by atoms with E-state index in [-0.39, 0.29) is 0 Å². The van der Waals surface area contributed by atoms with Crippen LogP contribution in [0, 0.1) is 0 Å². The molecule has 1 N–H and O–H groups in total. The van der Waals surface area contributed by atoms with Crippen LogP contribution in [0.25, 0.3) is 10.8 Å².